The number of hydrogen-bond donors (Lipinski definition) is 4. The first kappa shape index (κ1) is 57.8. The Bertz CT molecular complexity index is 2470. The molecule has 4 fully saturated rings. The molecule has 0 unspecified atom stereocenters. The molecule has 3 saturated carbocycles. The molecule has 2 amide bonds. The van der Waals surface area contributed by atoms with Crippen molar-refractivity contribution in [3.8, 4) is 22.6 Å². The van der Waals surface area contributed by atoms with Gasteiger partial charge in [-0.1, -0.05) is 103 Å². The predicted octanol–water partition coefficient (Wildman–Crippen LogP) is 8.77. The van der Waals surface area contributed by atoms with Crippen molar-refractivity contribution < 1.29 is 42.8 Å². The summed E-state index contributed by atoms with van der Waals surface area (Å²) in [7, 11) is 1.00. The van der Waals surface area contributed by atoms with Crippen molar-refractivity contribution in [1.82, 2.24) is 10.2 Å². The van der Waals surface area contributed by atoms with Gasteiger partial charge >= 0.3 is 7.12 Å². The highest BCUT2D eigenvalue weighted by molar-refractivity contribution is 6.47. The minimum absolute atomic E-state index is 0.0419. The Balaban J connectivity index is 1.18. The quantitative estimate of drug-likeness (QED) is 0.0356. The second-order valence-electron chi connectivity index (χ2n) is 23.0. The number of Topliss-reactive ketones (excluding diaryl/α,β-unsaturated/α-hetero) is 3. The molecule has 15 heteroatoms. The largest absolute Gasteiger partial charge is 0.492 e. The molecule has 9 atom stereocenters. The van der Waals surface area contributed by atoms with Crippen molar-refractivity contribution in [2.24, 2.45) is 46.3 Å². The zero-order chi connectivity index (χ0) is 54.0. The fourth-order valence-electron chi connectivity index (χ4n) is 12.5. The second-order valence-corrected chi connectivity index (χ2v) is 23.0. The molecule has 6 bridgehead atoms. The molecule has 8 rings (SSSR count). The lowest BCUT2D eigenvalue weighted by atomic mass is 9.43. The van der Waals surface area contributed by atoms with Crippen LogP contribution in [0.25, 0.3) is 11.1 Å². The van der Waals surface area contributed by atoms with Gasteiger partial charge in [0.15, 0.2) is 17.3 Å². The van der Waals surface area contributed by atoms with Gasteiger partial charge in [-0.25, -0.2) is 0 Å². The zero-order valence-electron chi connectivity index (χ0n) is 46.0. The molecule has 2 heterocycles. The van der Waals surface area contributed by atoms with Crippen LogP contribution in [0.1, 0.15) is 158 Å². The predicted molar refractivity (Wildman–Crippen MR) is 294 cm³/mol. The molecule has 1 saturated heterocycles. The molecule has 0 spiro atoms. The molecule has 3 aromatic rings. The summed E-state index contributed by atoms with van der Waals surface area (Å²) in [5.41, 5.74) is 21.7. The van der Waals surface area contributed by atoms with Crippen molar-refractivity contribution >= 4 is 36.3 Å². The smallest absolute Gasteiger partial charge is 0.461 e. The third-order valence-electron chi connectivity index (χ3n) is 17.1. The summed E-state index contributed by atoms with van der Waals surface area (Å²) < 4.78 is 25.9. The van der Waals surface area contributed by atoms with Crippen LogP contribution in [0.4, 0.5) is 0 Å². The maximum absolute atomic E-state index is 15.1. The minimum atomic E-state index is -1.18. The van der Waals surface area contributed by atoms with E-state index in [9.17, 15) is 19.2 Å². The van der Waals surface area contributed by atoms with Gasteiger partial charge in [0, 0.05) is 67.9 Å². The standard InChI is InChI=1S/C60H86BN5O9/c1-8-9-10-11-12-13-15-40-17-20-42(21-18-40)49(67)35-44(16-14-25-62)58(71)66(7)56-43-22-24-53(73-29-27-64)47(34-43)46-32-41(19-23-52(46)72-28-26-63)33-48(65-57(70)38(2)30-51(56)69)50(68)31-39(3)61-74-55-37-45-36-54(59(45,4)5)60(55,6)75-61/h17-24,32,34,38-39,44-45,48,54-56H,8-16,25-31,33,35-37,62-64H2,1-7H3,(H,65,70)/t38-,39-,44-,45+,48+,54+,55-,56+,60+/m1/s1. The van der Waals surface area contributed by atoms with Gasteiger partial charge in [-0.15, -0.1) is 0 Å². The molecule has 5 aliphatic rings. The maximum atomic E-state index is 15.1. The van der Waals surface area contributed by atoms with Crippen LogP contribution in [-0.4, -0.2) is 98.8 Å². The number of amides is 2. The van der Waals surface area contributed by atoms with Crippen LogP contribution in [0.15, 0.2) is 60.7 Å². The molecule has 14 nitrogen and oxygen atoms in total. The number of hydrogen-bond acceptors (Lipinski definition) is 12. The molecule has 0 radical (unpaired) electrons. The van der Waals surface area contributed by atoms with E-state index in [1.54, 1.807) is 26.1 Å². The molecule has 408 valence electrons. The van der Waals surface area contributed by atoms with E-state index in [4.69, 9.17) is 36.0 Å². The zero-order valence-corrected chi connectivity index (χ0v) is 46.0. The number of nitrogens with two attached hydrogens (primary N) is 3. The number of nitrogens with zero attached hydrogens (tertiary/aromatic N) is 1. The lowest BCUT2D eigenvalue weighted by molar-refractivity contribution is -0.199. The lowest BCUT2D eigenvalue weighted by Gasteiger charge is -2.64. The van der Waals surface area contributed by atoms with Gasteiger partial charge < -0.3 is 46.2 Å². The summed E-state index contributed by atoms with van der Waals surface area (Å²) in [5.74, 6) is -1.70. The van der Waals surface area contributed by atoms with Crippen LogP contribution in [0, 0.1) is 29.1 Å². The maximum Gasteiger partial charge on any atom is 0.461 e. The van der Waals surface area contributed by atoms with Crippen LogP contribution in [0.3, 0.4) is 0 Å². The summed E-state index contributed by atoms with van der Waals surface area (Å²) in [5, 5.41) is 3.05. The Kier molecular flexibility index (Phi) is 20.0. The molecule has 3 aromatic carbocycles. The number of likely N-dealkylation sites (N-methyl/N-ethyl adjacent to an activating group) is 1. The molecule has 3 aliphatic carbocycles. The minimum Gasteiger partial charge on any atom is -0.492 e. The lowest BCUT2D eigenvalue weighted by Crippen LogP contribution is -2.65. The fourth-order valence-corrected chi connectivity index (χ4v) is 12.5. The van der Waals surface area contributed by atoms with E-state index in [-0.39, 0.29) is 80.9 Å². The number of benzene rings is 3. The molecule has 2 aliphatic heterocycles. The van der Waals surface area contributed by atoms with Crippen LogP contribution in [-0.2, 0) is 41.3 Å². The highest BCUT2D eigenvalue weighted by Crippen LogP contribution is 2.66. The van der Waals surface area contributed by atoms with Crippen molar-refractivity contribution in [2.45, 2.75) is 167 Å². The van der Waals surface area contributed by atoms with E-state index in [1.807, 2.05) is 55.5 Å². The average molecular weight is 1030 g/mol. The molecule has 0 aromatic heterocycles. The first-order chi connectivity index (χ1) is 35.9. The van der Waals surface area contributed by atoms with Gasteiger partial charge in [0.05, 0.1) is 17.7 Å². The Labute approximate surface area is 446 Å². The van der Waals surface area contributed by atoms with E-state index >= 15 is 4.79 Å². The molecular formula is C60H86BN5O9. The first-order valence-electron chi connectivity index (χ1n) is 28.1. The number of carbonyl (C=O) groups excluding carboxylic acids is 5. The third-order valence-corrected chi connectivity index (χ3v) is 17.1. The van der Waals surface area contributed by atoms with E-state index in [2.05, 4.69) is 33.0 Å². The number of unbranched alkanes of at least 4 members (excludes halogenated alkanes) is 5. The average Bonchev–Trinajstić information content (AvgIpc) is 3.77. The van der Waals surface area contributed by atoms with Crippen molar-refractivity contribution in [1.29, 1.82) is 0 Å². The Morgan fingerprint density at radius 2 is 1.49 bits per heavy atom. The van der Waals surface area contributed by atoms with E-state index in [1.165, 1.54) is 42.6 Å². The monoisotopic (exact) mass is 1030 g/mol. The van der Waals surface area contributed by atoms with Gasteiger partial charge in [-0.05, 0) is 122 Å². The Morgan fingerprint density at radius 1 is 0.827 bits per heavy atom. The van der Waals surface area contributed by atoms with Gasteiger partial charge in [-0.3, -0.25) is 24.0 Å². The Morgan fingerprint density at radius 3 is 2.16 bits per heavy atom. The van der Waals surface area contributed by atoms with Gasteiger partial charge in [0.1, 0.15) is 30.8 Å². The summed E-state index contributed by atoms with van der Waals surface area (Å²) in [4.78, 5) is 74.5. The number of ether oxygens (including phenoxy) is 2. The molecular weight excluding hydrogens is 945 g/mol. The summed E-state index contributed by atoms with van der Waals surface area (Å²) in [6, 6.07) is 16.5. The number of aryl methyl sites for hydroxylation is 1. The van der Waals surface area contributed by atoms with Crippen molar-refractivity contribution in [2.75, 3.05) is 39.9 Å². The number of ketones is 3. The van der Waals surface area contributed by atoms with Crippen molar-refractivity contribution in [3.05, 3.63) is 82.9 Å². The molecule has 7 N–H and O–H groups in total. The van der Waals surface area contributed by atoms with Crippen LogP contribution in [0.5, 0.6) is 11.5 Å². The summed E-state index contributed by atoms with van der Waals surface area (Å²) >= 11 is 0. The normalized spacial score (nSPS) is 24.7. The highest BCUT2D eigenvalue weighted by atomic mass is 16.7. The summed E-state index contributed by atoms with van der Waals surface area (Å²) in [6.45, 7) is 13.8. The van der Waals surface area contributed by atoms with E-state index < -0.39 is 54.2 Å². The van der Waals surface area contributed by atoms with Crippen LogP contribution >= 0.6 is 0 Å². The van der Waals surface area contributed by atoms with E-state index in [0.29, 0.717) is 65.0 Å². The van der Waals surface area contributed by atoms with Crippen LogP contribution < -0.4 is 32.0 Å². The topological polar surface area (TPSA) is 216 Å². The van der Waals surface area contributed by atoms with Gasteiger partial charge in [0.25, 0.3) is 0 Å². The number of fused-ring (bicyclic) bond motifs is 5. The van der Waals surface area contributed by atoms with E-state index in [0.717, 1.165) is 31.2 Å². The number of rotatable bonds is 25. The SMILES string of the molecule is CCCCCCCCc1ccc(C(=O)C[C@@H](CCCN)C(=O)N(C)[C@@H]2C(=O)C[C@@H](C)C(=O)N[C@H](C(=O)C[C@@H](C)B3O[C@@H]4C[C@@H]5C[C@@H](C5(C)C)[C@]4(C)O3)Cc3ccc(OCCN)c(c3)-c3cc2ccc3OCCN)cc1. The second kappa shape index (κ2) is 25.9. The third kappa shape index (κ3) is 13.4. The highest BCUT2D eigenvalue weighted by Gasteiger charge is 2.68. The number of nitrogens with one attached hydrogen (secondary N) is 1. The molecule has 75 heavy (non-hydrogen) atoms. The summed E-state index contributed by atoms with van der Waals surface area (Å²) in [6.07, 6.45) is 10.9. The first-order valence-corrected chi connectivity index (χ1v) is 28.1. The Hall–Kier alpha value is -4.93. The van der Waals surface area contributed by atoms with Gasteiger partial charge in [0.2, 0.25) is 11.8 Å². The van der Waals surface area contributed by atoms with Gasteiger partial charge in [-0.2, -0.15) is 0 Å². The fraction of sp³-hybridized carbons (Fsp3) is 0.617. The number of carbonyl (C=O) groups is 5. The van der Waals surface area contributed by atoms with Crippen LogP contribution in [0.2, 0.25) is 5.82 Å². The van der Waals surface area contributed by atoms with Crippen molar-refractivity contribution in [3.63, 3.8) is 0 Å².